The van der Waals surface area contributed by atoms with Gasteiger partial charge in [0.2, 0.25) is 5.91 Å². The molecule has 1 amide bonds. The van der Waals surface area contributed by atoms with Gasteiger partial charge in [-0.15, -0.1) is 0 Å². The highest BCUT2D eigenvalue weighted by Gasteiger charge is 2.22. The van der Waals surface area contributed by atoms with Crippen molar-refractivity contribution in [2.24, 2.45) is 0 Å². The first kappa shape index (κ1) is 51.1. The summed E-state index contributed by atoms with van der Waals surface area (Å²) in [6, 6.07) is -0.792. The Kier molecular flexibility index (Phi) is 42.1. The van der Waals surface area contributed by atoms with Crippen LogP contribution in [-0.2, 0) is 4.79 Å². The van der Waals surface area contributed by atoms with E-state index in [1.54, 1.807) is 6.08 Å². The van der Waals surface area contributed by atoms with Crippen LogP contribution in [0.15, 0.2) is 12.2 Å². The highest BCUT2D eigenvalue weighted by Crippen LogP contribution is 2.17. The lowest BCUT2D eigenvalue weighted by atomic mass is 10.0. The van der Waals surface area contributed by atoms with E-state index in [1.165, 1.54) is 205 Å². The molecule has 5 nitrogen and oxygen atoms in total. The summed E-state index contributed by atoms with van der Waals surface area (Å²) in [6.07, 6.45) is 51.1. The smallest absolute Gasteiger partial charge is 0.249 e. The normalized spacial score (nSPS) is 13.6. The third-order valence-electron chi connectivity index (χ3n) is 11.1. The number of aliphatic hydroxyl groups is 3. The maximum absolute atomic E-state index is 12.5. The quantitative estimate of drug-likeness (QED) is 0.0371. The highest BCUT2D eigenvalue weighted by molar-refractivity contribution is 5.80. The Balaban J connectivity index is 3.57. The molecule has 4 N–H and O–H groups in total. The zero-order valence-electron chi connectivity index (χ0n) is 35.2. The van der Waals surface area contributed by atoms with Crippen LogP contribution in [0.1, 0.15) is 258 Å². The van der Waals surface area contributed by atoms with Gasteiger partial charge >= 0.3 is 0 Å². The fourth-order valence-corrected chi connectivity index (χ4v) is 7.42. The van der Waals surface area contributed by atoms with Gasteiger partial charge in [-0.05, 0) is 19.3 Å². The zero-order valence-corrected chi connectivity index (χ0v) is 35.2. The van der Waals surface area contributed by atoms with Crippen molar-refractivity contribution >= 4 is 5.91 Å². The van der Waals surface area contributed by atoms with E-state index < -0.39 is 24.2 Å². The van der Waals surface area contributed by atoms with Crippen LogP contribution in [0.2, 0.25) is 0 Å². The number of aliphatic hydroxyl groups excluding tert-OH is 3. The standard InChI is InChI=1S/C47H93NO4/c1-3-5-7-9-11-13-15-17-19-20-21-22-23-24-25-26-27-28-30-32-34-36-38-40-42-46(51)47(52)48-44(43-49)45(50)41-39-37-35-33-31-29-18-16-14-12-10-8-6-4-2/h39,41,44-46,49-51H,3-38,40,42-43H2,1-2H3,(H,48,52)/b41-39+. The van der Waals surface area contributed by atoms with Crippen LogP contribution in [0, 0.1) is 0 Å². The summed E-state index contributed by atoms with van der Waals surface area (Å²) in [4.78, 5) is 12.5. The molecular formula is C47H93NO4. The monoisotopic (exact) mass is 736 g/mol. The molecule has 0 saturated carbocycles. The first-order valence-corrected chi connectivity index (χ1v) is 23.5. The van der Waals surface area contributed by atoms with Crippen molar-refractivity contribution in [1.82, 2.24) is 5.32 Å². The predicted octanol–water partition coefficient (Wildman–Crippen LogP) is 13.6. The zero-order chi connectivity index (χ0) is 38.0. The minimum Gasteiger partial charge on any atom is -0.394 e. The molecule has 0 rings (SSSR count). The molecule has 5 heteroatoms. The van der Waals surface area contributed by atoms with Gasteiger partial charge in [0.15, 0.2) is 0 Å². The number of carbonyl (C=O) groups excluding carboxylic acids is 1. The van der Waals surface area contributed by atoms with Crippen LogP contribution >= 0.6 is 0 Å². The number of hydrogen-bond acceptors (Lipinski definition) is 4. The summed E-state index contributed by atoms with van der Waals surface area (Å²) in [5.74, 6) is -0.499. The predicted molar refractivity (Wildman–Crippen MR) is 227 cm³/mol. The SMILES string of the molecule is CCCCCCCCCCCCCC/C=C/C(O)C(CO)NC(=O)C(O)CCCCCCCCCCCCCCCCCCCCCCCCCC. The second kappa shape index (κ2) is 42.8. The molecule has 3 unspecified atom stereocenters. The van der Waals surface area contributed by atoms with Crippen LogP contribution in [0.25, 0.3) is 0 Å². The van der Waals surface area contributed by atoms with Crippen molar-refractivity contribution in [3.63, 3.8) is 0 Å². The molecule has 52 heavy (non-hydrogen) atoms. The second-order valence-electron chi connectivity index (χ2n) is 16.3. The fraction of sp³-hybridized carbons (Fsp3) is 0.936. The Morgan fingerprint density at radius 2 is 0.750 bits per heavy atom. The lowest BCUT2D eigenvalue weighted by Crippen LogP contribution is -2.48. The molecule has 0 aromatic rings. The van der Waals surface area contributed by atoms with Crippen LogP contribution in [0.3, 0.4) is 0 Å². The number of hydrogen-bond donors (Lipinski definition) is 4. The molecule has 0 fully saturated rings. The lowest BCUT2D eigenvalue weighted by molar-refractivity contribution is -0.131. The molecule has 0 spiro atoms. The van der Waals surface area contributed by atoms with Gasteiger partial charge in [-0.2, -0.15) is 0 Å². The molecule has 310 valence electrons. The number of nitrogens with one attached hydrogen (secondary N) is 1. The third-order valence-corrected chi connectivity index (χ3v) is 11.1. The fourth-order valence-electron chi connectivity index (χ4n) is 7.42. The molecule has 0 bridgehead atoms. The average molecular weight is 736 g/mol. The number of rotatable bonds is 43. The Labute approximate surface area is 325 Å². The summed E-state index contributed by atoms with van der Waals surface area (Å²) < 4.78 is 0. The van der Waals surface area contributed by atoms with Gasteiger partial charge in [-0.1, -0.05) is 251 Å². The van der Waals surface area contributed by atoms with Crippen molar-refractivity contribution in [3.8, 4) is 0 Å². The lowest BCUT2D eigenvalue weighted by Gasteiger charge is -2.21. The summed E-state index contributed by atoms with van der Waals surface area (Å²) in [5.41, 5.74) is 0. The molecule has 3 atom stereocenters. The van der Waals surface area contributed by atoms with Gasteiger partial charge in [-0.3, -0.25) is 4.79 Å². The van der Waals surface area contributed by atoms with Crippen molar-refractivity contribution in [3.05, 3.63) is 12.2 Å². The minimum atomic E-state index is -1.09. The summed E-state index contributed by atoms with van der Waals surface area (Å²) in [6.45, 7) is 4.20. The van der Waals surface area contributed by atoms with Gasteiger partial charge in [0.05, 0.1) is 18.8 Å². The number of allylic oxidation sites excluding steroid dienone is 1. The van der Waals surface area contributed by atoms with Crippen LogP contribution in [-0.4, -0.2) is 46.1 Å². The molecule has 0 heterocycles. The van der Waals surface area contributed by atoms with Gasteiger partial charge in [-0.25, -0.2) is 0 Å². The summed E-state index contributed by atoms with van der Waals surface area (Å²) in [7, 11) is 0. The van der Waals surface area contributed by atoms with Gasteiger partial charge in [0, 0.05) is 0 Å². The van der Waals surface area contributed by atoms with E-state index in [9.17, 15) is 20.1 Å². The maximum atomic E-state index is 12.5. The molecule has 0 aromatic heterocycles. The van der Waals surface area contributed by atoms with Crippen molar-refractivity contribution in [1.29, 1.82) is 0 Å². The Morgan fingerprint density at radius 1 is 0.462 bits per heavy atom. The average Bonchev–Trinajstić information content (AvgIpc) is 3.15. The van der Waals surface area contributed by atoms with E-state index in [2.05, 4.69) is 19.2 Å². The molecule has 0 aliphatic heterocycles. The molecule has 0 aliphatic rings. The summed E-state index contributed by atoms with van der Waals surface area (Å²) >= 11 is 0. The highest BCUT2D eigenvalue weighted by atomic mass is 16.3. The van der Waals surface area contributed by atoms with E-state index in [0.717, 1.165) is 32.1 Å². The van der Waals surface area contributed by atoms with Gasteiger partial charge in [0.25, 0.3) is 0 Å². The maximum Gasteiger partial charge on any atom is 0.249 e. The largest absolute Gasteiger partial charge is 0.394 e. The topological polar surface area (TPSA) is 89.8 Å². The minimum absolute atomic E-state index is 0.359. The van der Waals surface area contributed by atoms with E-state index in [0.29, 0.717) is 6.42 Å². The van der Waals surface area contributed by atoms with Crippen molar-refractivity contribution in [2.75, 3.05) is 6.61 Å². The van der Waals surface area contributed by atoms with Gasteiger partial charge < -0.3 is 20.6 Å². The van der Waals surface area contributed by atoms with Crippen molar-refractivity contribution < 1.29 is 20.1 Å². The Hall–Kier alpha value is -0.910. The van der Waals surface area contributed by atoms with Crippen LogP contribution in [0.5, 0.6) is 0 Å². The molecule has 0 aromatic carbocycles. The van der Waals surface area contributed by atoms with E-state index in [1.807, 2.05) is 6.08 Å². The summed E-state index contributed by atoms with van der Waals surface area (Å²) in [5, 5.41) is 33.2. The second-order valence-corrected chi connectivity index (χ2v) is 16.3. The number of unbranched alkanes of at least 4 members (excludes halogenated alkanes) is 35. The Bertz CT molecular complexity index is 728. The van der Waals surface area contributed by atoms with Crippen LogP contribution in [0.4, 0.5) is 0 Å². The third kappa shape index (κ3) is 37.4. The van der Waals surface area contributed by atoms with E-state index >= 15 is 0 Å². The van der Waals surface area contributed by atoms with E-state index in [-0.39, 0.29) is 6.61 Å². The first-order chi connectivity index (χ1) is 25.6. The first-order valence-electron chi connectivity index (χ1n) is 23.5. The van der Waals surface area contributed by atoms with E-state index in [4.69, 9.17) is 0 Å². The molecule has 0 aliphatic carbocycles. The molecule has 0 saturated heterocycles. The number of amides is 1. The van der Waals surface area contributed by atoms with Crippen molar-refractivity contribution in [2.45, 2.75) is 276 Å². The van der Waals surface area contributed by atoms with Gasteiger partial charge in [0.1, 0.15) is 6.10 Å². The molecular weight excluding hydrogens is 643 g/mol. The van der Waals surface area contributed by atoms with Crippen LogP contribution < -0.4 is 5.32 Å². The Morgan fingerprint density at radius 3 is 1.06 bits per heavy atom. The number of carbonyl (C=O) groups is 1. The molecule has 0 radical (unpaired) electrons.